The van der Waals surface area contributed by atoms with E-state index in [-0.39, 0.29) is 5.41 Å². The number of hydrogen-bond acceptors (Lipinski definition) is 4. The van der Waals surface area contributed by atoms with Crippen LogP contribution in [0.2, 0.25) is 0 Å². The van der Waals surface area contributed by atoms with E-state index in [2.05, 4.69) is 24.1 Å². The van der Waals surface area contributed by atoms with E-state index in [9.17, 15) is 0 Å². The molecule has 1 aromatic carbocycles. The van der Waals surface area contributed by atoms with Crippen LogP contribution in [0, 0.1) is 5.92 Å². The molecule has 1 saturated heterocycles. The number of nitrogens with zero attached hydrogens (tertiary/aromatic N) is 1. The van der Waals surface area contributed by atoms with Gasteiger partial charge in [0.25, 0.3) is 0 Å². The third-order valence-electron chi connectivity index (χ3n) is 6.93. The first-order chi connectivity index (χ1) is 12.2. The molecule has 4 heteroatoms. The molecule has 0 unspecified atom stereocenters. The van der Waals surface area contributed by atoms with Gasteiger partial charge in [-0.05, 0) is 56.8 Å². The van der Waals surface area contributed by atoms with Gasteiger partial charge in [0.15, 0.2) is 11.5 Å². The van der Waals surface area contributed by atoms with Gasteiger partial charge < -0.3 is 19.1 Å². The number of hydrogen-bond donors (Lipinski definition) is 0. The molecule has 138 valence electrons. The van der Waals surface area contributed by atoms with Crippen molar-refractivity contribution in [1.82, 2.24) is 4.90 Å². The molecule has 0 N–H and O–H groups in total. The number of fused-ring (bicyclic) bond motifs is 1. The van der Waals surface area contributed by atoms with Crippen molar-refractivity contribution in [2.24, 2.45) is 5.92 Å². The van der Waals surface area contributed by atoms with Gasteiger partial charge in [0.05, 0.1) is 13.7 Å². The normalized spacial score (nSPS) is 31.2. The van der Waals surface area contributed by atoms with Crippen LogP contribution in [0.5, 0.6) is 11.5 Å². The van der Waals surface area contributed by atoms with Gasteiger partial charge in [-0.15, -0.1) is 0 Å². The molecule has 25 heavy (non-hydrogen) atoms. The van der Waals surface area contributed by atoms with Crippen LogP contribution < -0.4 is 9.47 Å². The van der Waals surface area contributed by atoms with E-state index in [1.165, 1.54) is 49.8 Å². The number of likely N-dealkylation sites (N-methyl/N-ethyl adjacent to an activating group) is 1. The SMILES string of the molecule is COCCOc1c(OC)ccc2c1[C@]13CCCC[C@@H]1[C@H](C2)N(C)CC3. The molecular formula is C21H31NO3. The lowest BCUT2D eigenvalue weighted by Gasteiger charge is -2.58. The van der Waals surface area contributed by atoms with Gasteiger partial charge >= 0.3 is 0 Å². The minimum atomic E-state index is 0.278. The molecule has 3 atom stereocenters. The van der Waals surface area contributed by atoms with E-state index in [0.717, 1.165) is 23.8 Å². The van der Waals surface area contributed by atoms with Gasteiger partial charge in [0.1, 0.15) is 6.61 Å². The second-order valence-electron chi connectivity index (χ2n) is 7.98. The van der Waals surface area contributed by atoms with Crippen molar-refractivity contribution < 1.29 is 14.2 Å². The fraction of sp³-hybridized carbons (Fsp3) is 0.714. The summed E-state index contributed by atoms with van der Waals surface area (Å²) < 4.78 is 17.2. The Morgan fingerprint density at radius 1 is 1.16 bits per heavy atom. The van der Waals surface area contributed by atoms with E-state index in [1.807, 2.05) is 0 Å². The zero-order chi connectivity index (χ0) is 17.4. The van der Waals surface area contributed by atoms with E-state index >= 15 is 0 Å². The van der Waals surface area contributed by atoms with Crippen LogP contribution in [0.25, 0.3) is 0 Å². The van der Waals surface area contributed by atoms with Gasteiger partial charge in [-0.1, -0.05) is 18.9 Å². The Morgan fingerprint density at radius 2 is 2.04 bits per heavy atom. The highest BCUT2D eigenvalue weighted by molar-refractivity contribution is 5.57. The van der Waals surface area contributed by atoms with Crippen LogP contribution >= 0.6 is 0 Å². The average Bonchev–Trinajstić information content (AvgIpc) is 2.64. The molecule has 1 aliphatic heterocycles. The molecule has 2 fully saturated rings. The van der Waals surface area contributed by atoms with E-state index < -0.39 is 0 Å². The molecule has 0 amide bonds. The summed E-state index contributed by atoms with van der Waals surface area (Å²) in [5, 5.41) is 0. The van der Waals surface area contributed by atoms with Crippen molar-refractivity contribution in [3.05, 3.63) is 23.3 Å². The lowest BCUT2D eigenvalue weighted by molar-refractivity contribution is 0.000588. The Kier molecular flexibility index (Phi) is 4.67. The maximum atomic E-state index is 6.27. The molecule has 2 bridgehead atoms. The highest BCUT2D eigenvalue weighted by atomic mass is 16.5. The first-order valence-corrected chi connectivity index (χ1v) is 9.73. The maximum Gasteiger partial charge on any atom is 0.165 e. The monoisotopic (exact) mass is 345 g/mol. The molecule has 1 saturated carbocycles. The largest absolute Gasteiger partial charge is 0.493 e. The molecule has 0 aromatic heterocycles. The lowest BCUT2D eigenvalue weighted by atomic mass is 9.52. The summed E-state index contributed by atoms with van der Waals surface area (Å²) in [6.07, 6.45) is 7.73. The summed E-state index contributed by atoms with van der Waals surface area (Å²) >= 11 is 0. The minimum Gasteiger partial charge on any atom is -0.493 e. The number of likely N-dealkylation sites (tertiary alicyclic amines) is 1. The first-order valence-electron chi connectivity index (χ1n) is 9.73. The number of benzene rings is 1. The molecule has 1 heterocycles. The summed E-state index contributed by atoms with van der Waals surface area (Å²) in [4.78, 5) is 2.60. The Bertz CT molecular complexity index is 632. The van der Waals surface area contributed by atoms with Crippen LogP contribution in [0.15, 0.2) is 12.1 Å². The zero-order valence-electron chi connectivity index (χ0n) is 15.8. The summed E-state index contributed by atoms with van der Waals surface area (Å²) in [7, 11) is 5.79. The summed E-state index contributed by atoms with van der Waals surface area (Å²) in [5.41, 5.74) is 3.22. The molecule has 1 aromatic rings. The highest BCUT2D eigenvalue weighted by Crippen LogP contribution is 2.59. The molecule has 3 aliphatic rings. The van der Waals surface area contributed by atoms with Crippen molar-refractivity contribution >= 4 is 0 Å². The Hall–Kier alpha value is -1.26. The van der Waals surface area contributed by atoms with Crippen LogP contribution in [-0.4, -0.2) is 52.0 Å². The van der Waals surface area contributed by atoms with Crippen molar-refractivity contribution in [2.75, 3.05) is 41.0 Å². The number of ether oxygens (including phenoxy) is 3. The van der Waals surface area contributed by atoms with E-state index in [4.69, 9.17) is 14.2 Å². The molecule has 0 spiro atoms. The number of rotatable bonds is 5. The fourth-order valence-electron chi connectivity index (χ4n) is 5.80. The molecular weight excluding hydrogens is 314 g/mol. The van der Waals surface area contributed by atoms with Gasteiger partial charge in [-0.25, -0.2) is 0 Å². The average molecular weight is 345 g/mol. The van der Waals surface area contributed by atoms with Crippen molar-refractivity contribution in [2.45, 2.75) is 50.0 Å². The summed E-state index contributed by atoms with van der Waals surface area (Å²) in [5.74, 6) is 2.63. The quantitative estimate of drug-likeness (QED) is 0.765. The third kappa shape index (κ3) is 2.65. The van der Waals surface area contributed by atoms with Crippen LogP contribution in [0.3, 0.4) is 0 Å². The van der Waals surface area contributed by atoms with Gasteiger partial charge in [-0.3, -0.25) is 0 Å². The van der Waals surface area contributed by atoms with Gasteiger partial charge in [0.2, 0.25) is 0 Å². The Morgan fingerprint density at radius 3 is 2.84 bits per heavy atom. The lowest BCUT2D eigenvalue weighted by Crippen LogP contribution is -2.59. The Labute approximate surface area is 151 Å². The number of piperidine rings is 1. The van der Waals surface area contributed by atoms with Crippen LogP contribution in [0.1, 0.15) is 43.2 Å². The maximum absolute atomic E-state index is 6.27. The topological polar surface area (TPSA) is 30.9 Å². The van der Waals surface area contributed by atoms with Gasteiger partial charge in [0, 0.05) is 24.1 Å². The predicted octanol–water partition coefficient (Wildman–Crippen LogP) is 3.41. The smallest absolute Gasteiger partial charge is 0.165 e. The second kappa shape index (κ2) is 6.81. The second-order valence-corrected chi connectivity index (χ2v) is 7.98. The van der Waals surface area contributed by atoms with Crippen molar-refractivity contribution in [3.8, 4) is 11.5 Å². The standard InChI is InChI=1S/C21H31NO3/c1-22-11-10-21-9-5-4-6-16(21)17(22)14-15-7-8-18(24-3)20(19(15)21)25-13-12-23-2/h7-8,16-17H,4-6,9-14H2,1-3H3/t16-,17+,21+/m1/s1. The van der Waals surface area contributed by atoms with Crippen molar-refractivity contribution in [3.63, 3.8) is 0 Å². The Balaban J connectivity index is 1.83. The summed E-state index contributed by atoms with van der Waals surface area (Å²) in [6.45, 7) is 2.37. The van der Waals surface area contributed by atoms with Crippen LogP contribution in [0.4, 0.5) is 0 Å². The molecule has 4 nitrogen and oxygen atoms in total. The van der Waals surface area contributed by atoms with Gasteiger partial charge in [-0.2, -0.15) is 0 Å². The zero-order valence-corrected chi connectivity index (χ0v) is 15.8. The fourth-order valence-corrected chi connectivity index (χ4v) is 5.80. The first kappa shape index (κ1) is 17.2. The third-order valence-corrected chi connectivity index (χ3v) is 6.93. The number of methoxy groups -OCH3 is 2. The summed E-state index contributed by atoms with van der Waals surface area (Å²) in [6, 6.07) is 5.06. The van der Waals surface area contributed by atoms with E-state index in [0.29, 0.717) is 19.3 Å². The molecule has 0 radical (unpaired) electrons. The highest BCUT2D eigenvalue weighted by Gasteiger charge is 2.54. The van der Waals surface area contributed by atoms with Crippen LogP contribution in [-0.2, 0) is 16.6 Å². The molecule has 4 rings (SSSR count). The van der Waals surface area contributed by atoms with Crippen molar-refractivity contribution in [1.29, 1.82) is 0 Å². The van der Waals surface area contributed by atoms with E-state index in [1.54, 1.807) is 14.2 Å². The predicted molar refractivity (Wildman–Crippen MR) is 98.7 cm³/mol. The molecule has 2 aliphatic carbocycles. The minimum absolute atomic E-state index is 0.278.